The number of thiazole rings is 1. The van der Waals surface area contributed by atoms with Gasteiger partial charge in [0, 0.05) is 23.8 Å². The summed E-state index contributed by atoms with van der Waals surface area (Å²) in [5.41, 5.74) is 0.681. The molecule has 0 spiro atoms. The molecule has 2 heterocycles. The maximum Gasteiger partial charge on any atom is 0.330 e. The molecule has 2 rings (SSSR count). The van der Waals surface area contributed by atoms with Gasteiger partial charge in [-0.25, -0.2) is 14.8 Å². The summed E-state index contributed by atoms with van der Waals surface area (Å²) in [6, 6.07) is 0. The smallest absolute Gasteiger partial charge is 0.330 e. The van der Waals surface area contributed by atoms with E-state index in [1.807, 2.05) is 5.38 Å². The van der Waals surface area contributed by atoms with E-state index >= 15 is 0 Å². The Balaban J connectivity index is 2.14. The van der Waals surface area contributed by atoms with Gasteiger partial charge in [0.1, 0.15) is 6.33 Å². The minimum atomic E-state index is -0.399. The largest absolute Gasteiger partial charge is 0.466 e. The van der Waals surface area contributed by atoms with Crippen molar-refractivity contribution in [3.8, 4) is 5.13 Å². The van der Waals surface area contributed by atoms with Crippen molar-refractivity contribution in [3.05, 3.63) is 35.9 Å². The van der Waals surface area contributed by atoms with Crippen LogP contribution in [0.4, 0.5) is 0 Å². The minimum Gasteiger partial charge on any atom is -0.466 e. The number of hydrogen-bond acceptors (Lipinski definition) is 5. The third-order valence-electron chi connectivity index (χ3n) is 1.83. The highest BCUT2D eigenvalue weighted by molar-refractivity contribution is 7.12. The van der Waals surface area contributed by atoms with Crippen LogP contribution in [0.3, 0.4) is 0 Å². The van der Waals surface area contributed by atoms with Crippen LogP contribution in [0.25, 0.3) is 11.2 Å². The maximum atomic E-state index is 10.9. The van der Waals surface area contributed by atoms with Crippen LogP contribution in [-0.2, 0) is 9.53 Å². The van der Waals surface area contributed by atoms with Gasteiger partial charge in [0.15, 0.2) is 5.13 Å². The normalized spacial score (nSPS) is 10.8. The van der Waals surface area contributed by atoms with Crippen LogP contribution >= 0.6 is 11.3 Å². The van der Waals surface area contributed by atoms with Gasteiger partial charge in [-0.05, 0) is 6.08 Å². The van der Waals surface area contributed by atoms with E-state index < -0.39 is 5.97 Å². The number of methoxy groups -OCH3 is 1. The number of carbonyl (C=O) groups is 1. The van der Waals surface area contributed by atoms with Crippen molar-refractivity contribution in [2.75, 3.05) is 7.11 Å². The van der Waals surface area contributed by atoms with Gasteiger partial charge in [-0.3, -0.25) is 4.57 Å². The SMILES string of the molecule is COC(=O)C=Cc1cn(-c2nccs2)cn1. The highest BCUT2D eigenvalue weighted by Gasteiger charge is 2.00. The fourth-order valence-electron chi connectivity index (χ4n) is 1.09. The lowest BCUT2D eigenvalue weighted by atomic mass is 10.4. The van der Waals surface area contributed by atoms with Crippen LogP contribution in [0.2, 0.25) is 0 Å². The van der Waals surface area contributed by atoms with E-state index in [-0.39, 0.29) is 0 Å². The predicted octanol–water partition coefficient (Wildman–Crippen LogP) is 1.51. The van der Waals surface area contributed by atoms with Crippen molar-refractivity contribution in [1.82, 2.24) is 14.5 Å². The van der Waals surface area contributed by atoms with E-state index in [0.717, 1.165) is 5.13 Å². The molecule has 5 nitrogen and oxygen atoms in total. The number of imidazole rings is 1. The Labute approximate surface area is 96.0 Å². The predicted molar refractivity (Wildman–Crippen MR) is 60.3 cm³/mol. The molecule has 82 valence electrons. The topological polar surface area (TPSA) is 57.0 Å². The summed E-state index contributed by atoms with van der Waals surface area (Å²) >= 11 is 1.51. The second-order valence-corrected chi connectivity index (χ2v) is 3.75. The average molecular weight is 235 g/mol. The number of hydrogen-bond donors (Lipinski definition) is 0. The van der Waals surface area contributed by atoms with Gasteiger partial charge >= 0.3 is 5.97 Å². The molecule has 16 heavy (non-hydrogen) atoms. The number of carbonyl (C=O) groups excluding carboxylic acids is 1. The summed E-state index contributed by atoms with van der Waals surface area (Å²) < 4.78 is 6.27. The number of esters is 1. The van der Waals surface area contributed by atoms with E-state index in [1.165, 1.54) is 24.5 Å². The summed E-state index contributed by atoms with van der Waals surface area (Å²) in [5.74, 6) is -0.399. The molecule has 0 atom stereocenters. The first-order chi connectivity index (χ1) is 7.79. The van der Waals surface area contributed by atoms with E-state index in [1.54, 1.807) is 29.4 Å². The molecule has 0 unspecified atom stereocenters. The number of nitrogens with zero attached hydrogens (tertiary/aromatic N) is 3. The Bertz CT molecular complexity index is 502. The lowest BCUT2D eigenvalue weighted by molar-refractivity contribution is -0.134. The van der Waals surface area contributed by atoms with Crippen LogP contribution in [0, 0.1) is 0 Å². The summed E-state index contributed by atoms with van der Waals surface area (Å²) in [6.07, 6.45) is 8.09. The molecule has 0 amide bonds. The van der Waals surface area contributed by atoms with Crippen LogP contribution in [0.5, 0.6) is 0 Å². The zero-order chi connectivity index (χ0) is 11.4. The Hall–Kier alpha value is -1.95. The molecular formula is C10H9N3O2S. The van der Waals surface area contributed by atoms with Crippen molar-refractivity contribution in [1.29, 1.82) is 0 Å². The fraction of sp³-hybridized carbons (Fsp3) is 0.100. The summed E-state index contributed by atoms with van der Waals surface area (Å²) in [7, 11) is 1.33. The van der Waals surface area contributed by atoms with Gasteiger partial charge in [0.05, 0.1) is 12.8 Å². The first-order valence-electron chi connectivity index (χ1n) is 4.49. The van der Waals surface area contributed by atoms with Gasteiger partial charge in [-0.2, -0.15) is 0 Å². The standard InChI is InChI=1S/C10H9N3O2S/c1-15-9(14)3-2-8-6-13(7-12-8)10-11-4-5-16-10/h2-7H,1H3. The lowest BCUT2D eigenvalue weighted by Gasteiger charge is -1.91. The third kappa shape index (κ3) is 2.34. The van der Waals surface area contributed by atoms with E-state index in [0.29, 0.717) is 5.69 Å². The minimum absolute atomic E-state index is 0.399. The summed E-state index contributed by atoms with van der Waals surface area (Å²) in [5, 5.41) is 2.73. The molecule has 0 aromatic carbocycles. The fourth-order valence-corrected chi connectivity index (χ4v) is 1.68. The van der Waals surface area contributed by atoms with Crippen molar-refractivity contribution < 1.29 is 9.53 Å². The van der Waals surface area contributed by atoms with Crippen LogP contribution < -0.4 is 0 Å². The quantitative estimate of drug-likeness (QED) is 0.597. The highest BCUT2D eigenvalue weighted by atomic mass is 32.1. The van der Waals surface area contributed by atoms with Gasteiger partial charge in [-0.15, -0.1) is 11.3 Å². The van der Waals surface area contributed by atoms with Gasteiger partial charge in [0.2, 0.25) is 0 Å². The first kappa shape index (κ1) is 10.6. The monoisotopic (exact) mass is 235 g/mol. The molecular weight excluding hydrogens is 226 g/mol. The molecule has 0 fully saturated rings. The molecule has 6 heteroatoms. The molecule has 0 N–H and O–H groups in total. The van der Waals surface area contributed by atoms with E-state index in [9.17, 15) is 4.79 Å². The van der Waals surface area contributed by atoms with Crippen molar-refractivity contribution in [2.24, 2.45) is 0 Å². The van der Waals surface area contributed by atoms with E-state index in [2.05, 4.69) is 14.7 Å². The molecule has 2 aromatic rings. The zero-order valence-electron chi connectivity index (χ0n) is 8.53. The number of rotatable bonds is 3. The van der Waals surface area contributed by atoms with Gasteiger partial charge in [0.25, 0.3) is 0 Å². The van der Waals surface area contributed by atoms with E-state index in [4.69, 9.17) is 0 Å². The first-order valence-corrected chi connectivity index (χ1v) is 5.37. The molecule has 0 bridgehead atoms. The Morgan fingerprint density at radius 2 is 2.44 bits per heavy atom. The summed E-state index contributed by atoms with van der Waals surface area (Å²) in [6.45, 7) is 0. The molecule has 0 saturated carbocycles. The summed E-state index contributed by atoms with van der Waals surface area (Å²) in [4.78, 5) is 19.1. The zero-order valence-corrected chi connectivity index (χ0v) is 9.35. The van der Waals surface area contributed by atoms with Crippen LogP contribution in [0.15, 0.2) is 30.2 Å². The molecule has 0 aliphatic carbocycles. The molecule has 2 aromatic heterocycles. The van der Waals surface area contributed by atoms with Crippen LogP contribution in [0.1, 0.15) is 5.69 Å². The number of ether oxygens (including phenoxy) is 1. The second kappa shape index (κ2) is 4.71. The van der Waals surface area contributed by atoms with Crippen molar-refractivity contribution in [2.45, 2.75) is 0 Å². The van der Waals surface area contributed by atoms with Crippen molar-refractivity contribution >= 4 is 23.4 Å². The number of aromatic nitrogens is 3. The molecule has 0 radical (unpaired) electrons. The Kier molecular flexibility index (Phi) is 3.11. The molecule has 0 aliphatic heterocycles. The Morgan fingerprint density at radius 1 is 1.56 bits per heavy atom. The molecule has 0 saturated heterocycles. The Morgan fingerprint density at radius 3 is 3.12 bits per heavy atom. The average Bonchev–Trinajstić information content (AvgIpc) is 2.95. The molecule has 0 aliphatic rings. The lowest BCUT2D eigenvalue weighted by Crippen LogP contribution is -1.93. The van der Waals surface area contributed by atoms with Crippen LogP contribution in [-0.4, -0.2) is 27.6 Å². The van der Waals surface area contributed by atoms with Gasteiger partial charge in [-0.1, -0.05) is 0 Å². The van der Waals surface area contributed by atoms with Gasteiger partial charge < -0.3 is 4.74 Å². The third-order valence-corrected chi connectivity index (χ3v) is 2.62. The highest BCUT2D eigenvalue weighted by Crippen LogP contribution is 2.11. The maximum absolute atomic E-state index is 10.9. The van der Waals surface area contributed by atoms with Crippen molar-refractivity contribution in [3.63, 3.8) is 0 Å². The second-order valence-electron chi connectivity index (χ2n) is 2.88.